The van der Waals surface area contributed by atoms with Gasteiger partial charge in [0.1, 0.15) is 0 Å². The van der Waals surface area contributed by atoms with E-state index in [2.05, 4.69) is 15.9 Å². The third kappa shape index (κ3) is 6.17. The van der Waals surface area contributed by atoms with Crippen molar-refractivity contribution in [2.45, 2.75) is 43.8 Å². The maximum absolute atomic E-state index is 13.2. The Bertz CT molecular complexity index is 1060. The molecule has 6 nitrogen and oxygen atoms in total. The van der Waals surface area contributed by atoms with Gasteiger partial charge in [-0.2, -0.15) is 0 Å². The van der Waals surface area contributed by atoms with Crippen LogP contribution in [0.25, 0.3) is 10.9 Å². The summed E-state index contributed by atoms with van der Waals surface area (Å²) < 4.78 is 2.61. The van der Waals surface area contributed by atoms with Crippen molar-refractivity contribution in [3.05, 3.63) is 68.9 Å². The molecule has 0 aliphatic carbocycles. The van der Waals surface area contributed by atoms with Crippen LogP contribution in [0.5, 0.6) is 0 Å². The summed E-state index contributed by atoms with van der Waals surface area (Å²) >= 11 is 5.03. The second-order valence-electron chi connectivity index (χ2n) is 6.98. The smallest absolute Gasteiger partial charge is 0.262 e. The van der Waals surface area contributed by atoms with E-state index in [1.54, 1.807) is 21.8 Å². The molecule has 0 atom stereocenters. The molecule has 1 amide bonds. The van der Waals surface area contributed by atoms with E-state index < -0.39 is 0 Å². The molecule has 158 valence electrons. The van der Waals surface area contributed by atoms with Crippen molar-refractivity contribution in [3.8, 4) is 0 Å². The molecule has 8 heteroatoms. The molecule has 0 saturated heterocycles. The van der Waals surface area contributed by atoms with Crippen molar-refractivity contribution in [1.82, 2.24) is 15.0 Å². The van der Waals surface area contributed by atoms with Gasteiger partial charge >= 0.3 is 0 Å². The summed E-state index contributed by atoms with van der Waals surface area (Å²) in [5.41, 5.74) is 3.37. The third-order valence-corrected chi connectivity index (χ3v) is 6.27. The Morgan fingerprint density at radius 3 is 2.63 bits per heavy atom. The number of hydroxylamine groups is 1. The van der Waals surface area contributed by atoms with Crippen molar-refractivity contribution in [2.75, 3.05) is 5.75 Å². The van der Waals surface area contributed by atoms with Crippen LogP contribution < -0.4 is 11.0 Å². The maximum atomic E-state index is 13.2. The number of fused-ring (bicyclic) bond motifs is 1. The van der Waals surface area contributed by atoms with Crippen LogP contribution in [0.3, 0.4) is 0 Å². The zero-order valence-corrected chi connectivity index (χ0v) is 18.9. The number of carbonyl (C=O) groups excluding carboxylic acids is 1. The molecular formula is C22H24BrN3O3S. The van der Waals surface area contributed by atoms with Crippen molar-refractivity contribution < 1.29 is 10.0 Å². The van der Waals surface area contributed by atoms with Gasteiger partial charge in [0.05, 0.1) is 17.4 Å². The van der Waals surface area contributed by atoms with Crippen LogP contribution >= 0.6 is 27.7 Å². The van der Waals surface area contributed by atoms with E-state index >= 15 is 0 Å². The fourth-order valence-corrected chi connectivity index (χ4v) is 4.51. The van der Waals surface area contributed by atoms with E-state index in [9.17, 15) is 9.59 Å². The number of unbranched alkanes of at least 4 members (excludes halogenated alkanes) is 3. The first-order valence-corrected chi connectivity index (χ1v) is 11.7. The number of halogens is 1. The van der Waals surface area contributed by atoms with Gasteiger partial charge in [-0.3, -0.25) is 19.4 Å². The first-order chi connectivity index (χ1) is 14.6. The SMILES string of the molecule is O=C(CCCCCCSc1nc2ccc(Br)cc2c(=O)n1Cc1ccccc1)NO. The monoisotopic (exact) mass is 489 g/mol. The number of hydrogen-bond donors (Lipinski definition) is 2. The van der Waals surface area contributed by atoms with E-state index in [1.807, 2.05) is 48.5 Å². The molecule has 3 aromatic rings. The lowest BCUT2D eigenvalue weighted by atomic mass is 10.1. The number of nitrogens with one attached hydrogen (secondary N) is 1. The van der Waals surface area contributed by atoms with E-state index in [4.69, 9.17) is 10.2 Å². The average molecular weight is 490 g/mol. The molecule has 30 heavy (non-hydrogen) atoms. The lowest BCUT2D eigenvalue weighted by molar-refractivity contribution is -0.129. The number of amides is 1. The molecular weight excluding hydrogens is 466 g/mol. The fraction of sp³-hybridized carbons (Fsp3) is 0.318. The zero-order valence-electron chi connectivity index (χ0n) is 16.5. The van der Waals surface area contributed by atoms with Gasteiger partial charge in [0.2, 0.25) is 5.91 Å². The van der Waals surface area contributed by atoms with Crippen LogP contribution in [0.2, 0.25) is 0 Å². The van der Waals surface area contributed by atoms with Crippen molar-refractivity contribution in [1.29, 1.82) is 0 Å². The van der Waals surface area contributed by atoms with Gasteiger partial charge in [-0.15, -0.1) is 0 Å². The number of carbonyl (C=O) groups is 1. The lowest BCUT2D eigenvalue weighted by Gasteiger charge is -2.13. The van der Waals surface area contributed by atoms with Gasteiger partial charge in [0, 0.05) is 16.6 Å². The Morgan fingerprint density at radius 2 is 1.87 bits per heavy atom. The Kier molecular flexibility index (Phi) is 8.48. The van der Waals surface area contributed by atoms with E-state index in [1.165, 1.54) is 0 Å². The second kappa shape index (κ2) is 11.3. The minimum Gasteiger partial charge on any atom is -0.289 e. The highest BCUT2D eigenvalue weighted by atomic mass is 79.9. The van der Waals surface area contributed by atoms with Gasteiger partial charge in [0.15, 0.2) is 5.16 Å². The molecule has 2 N–H and O–H groups in total. The Labute approximate surface area is 187 Å². The Morgan fingerprint density at radius 1 is 1.10 bits per heavy atom. The van der Waals surface area contributed by atoms with E-state index in [0.717, 1.165) is 46.6 Å². The van der Waals surface area contributed by atoms with E-state index in [0.29, 0.717) is 23.9 Å². The van der Waals surface area contributed by atoms with Crippen molar-refractivity contribution in [3.63, 3.8) is 0 Å². The zero-order chi connectivity index (χ0) is 21.3. The predicted octanol–water partition coefficient (Wildman–Crippen LogP) is 4.76. The topological polar surface area (TPSA) is 84.2 Å². The molecule has 0 spiro atoms. The number of aromatic nitrogens is 2. The molecule has 3 rings (SSSR count). The molecule has 0 aliphatic rings. The number of benzene rings is 2. The summed E-state index contributed by atoms with van der Waals surface area (Å²) in [4.78, 5) is 29.0. The van der Waals surface area contributed by atoms with Crippen LogP contribution in [0.15, 0.2) is 63.0 Å². The molecule has 2 aromatic carbocycles. The molecule has 0 aliphatic heterocycles. The second-order valence-corrected chi connectivity index (χ2v) is 8.96. The summed E-state index contributed by atoms with van der Waals surface area (Å²) in [7, 11) is 0. The quantitative estimate of drug-likeness (QED) is 0.141. The summed E-state index contributed by atoms with van der Waals surface area (Å²) in [6.45, 7) is 0.480. The van der Waals surface area contributed by atoms with E-state index in [-0.39, 0.29) is 11.5 Å². The van der Waals surface area contributed by atoms with Crippen molar-refractivity contribution in [2.24, 2.45) is 0 Å². The van der Waals surface area contributed by atoms with Crippen LogP contribution in [-0.4, -0.2) is 26.4 Å². The summed E-state index contributed by atoms with van der Waals surface area (Å²) in [6, 6.07) is 15.5. The molecule has 1 aromatic heterocycles. The number of hydrogen-bond acceptors (Lipinski definition) is 5. The molecule has 0 radical (unpaired) electrons. The van der Waals surface area contributed by atoms with Gasteiger partial charge in [-0.1, -0.05) is 70.9 Å². The van der Waals surface area contributed by atoms with Gasteiger partial charge in [-0.05, 0) is 36.6 Å². The molecule has 1 heterocycles. The van der Waals surface area contributed by atoms with Gasteiger partial charge in [-0.25, -0.2) is 10.5 Å². The molecule has 0 saturated carbocycles. The lowest BCUT2D eigenvalue weighted by Crippen LogP contribution is -2.24. The normalized spacial score (nSPS) is 11.0. The summed E-state index contributed by atoms with van der Waals surface area (Å²) in [5, 5.41) is 9.83. The largest absolute Gasteiger partial charge is 0.289 e. The molecule has 0 bridgehead atoms. The summed E-state index contributed by atoms with van der Waals surface area (Å²) in [5.74, 6) is 0.497. The molecule has 0 unspecified atom stereocenters. The highest BCUT2D eigenvalue weighted by molar-refractivity contribution is 9.10. The minimum atomic E-state index is -0.346. The highest BCUT2D eigenvalue weighted by Crippen LogP contribution is 2.22. The van der Waals surface area contributed by atoms with Gasteiger partial charge in [0.25, 0.3) is 5.56 Å². The first kappa shape index (κ1) is 22.5. The van der Waals surface area contributed by atoms with Crippen molar-refractivity contribution >= 4 is 44.5 Å². The maximum Gasteiger partial charge on any atom is 0.262 e. The summed E-state index contributed by atoms with van der Waals surface area (Å²) in [6.07, 6.45) is 3.95. The van der Waals surface area contributed by atoms with Gasteiger partial charge < -0.3 is 0 Å². The predicted molar refractivity (Wildman–Crippen MR) is 123 cm³/mol. The Hall–Kier alpha value is -2.16. The third-order valence-electron chi connectivity index (χ3n) is 4.72. The number of rotatable bonds is 10. The number of nitrogens with zero attached hydrogens (tertiary/aromatic N) is 2. The van der Waals surface area contributed by atoms with Crippen LogP contribution in [-0.2, 0) is 11.3 Å². The van der Waals surface area contributed by atoms with Crippen LogP contribution in [0, 0.1) is 0 Å². The minimum absolute atomic E-state index is 0.0392. The fourth-order valence-electron chi connectivity index (χ4n) is 3.15. The van der Waals surface area contributed by atoms with Crippen LogP contribution in [0.1, 0.15) is 37.7 Å². The standard InChI is InChI=1S/C22H24BrN3O3S/c23-17-11-12-19-18(14-17)21(28)26(15-16-8-4-3-5-9-16)22(24-19)30-13-7-2-1-6-10-20(27)25-29/h3-5,8-9,11-12,14,29H,1-2,6-7,10,13,15H2,(H,25,27). The molecule has 0 fully saturated rings. The Balaban J connectivity index is 1.72. The van der Waals surface area contributed by atoms with Crippen LogP contribution in [0.4, 0.5) is 0 Å². The first-order valence-electron chi connectivity index (χ1n) is 9.88. The highest BCUT2D eigenvalue weighted by Gasteiger charge is 2.12. The number of thioether (sulfide) groups is 1. The average Bonchev–Trinajstić information content (AvgIpc) is 2.76.